The van der Waals surface area contributed by atoms with Gasteiger partial charge in [-0.2, -0.15) is 0 Å². The summed E-state index contributed by atoms with van der Waals surface area (Å²) in [6.07, 6.45) is 12.6. The Morgan fingerprint density at radius 1 is 1.23 bits per heavy atom. The number of nitrogens with two attached hydrogens (primary N) is 1. The van der Waals surface area contributed by atoms with Crippen molar-refractivity contribution in [1.29, 1.82) is 0 Å². The molecule has 0 aromatic heterocycles. The summed E-state index contributed by atoms with van der Waals surface area (Å²) in [4.78, 5) is 0. The lowest BCUT2D eigenvalue weighted by atomic mass is 9.80. The molecule has 1 nitrogen and oxygen atoms in total. The van der Waals surface area contributed by atoms with E-state index < -0.39 is 0 Å². The lowest BCUT2D eigenvalue weighted by Crippen LogP contribution is -2.22. The molecule has 0 amide bonds. The molecular formula is C12H23N. The fourth-order valence-electron chi connectivity index (χ4n) is 2.29. The van der Waals surface area contributed by atoms with Crippen molar-refractivity contribution < 1.29 is 0 Å². The van der Waals surface area contributed by atoms with Gasteiger partial charge >= 0.3 is 0 Å². The van der Waals surface area contributed by atoms with Gasteiger partial charge in [0.25, 0.3) is 0 Å². The van der Waals surface area contributed by atoms with Crippen LogP contribution in [0.4, 0.5) is 0 Å². The van der Waals surface area contributed by atoms with Crippen LogP contribution in [0.3, 0.4) is 0 Å². The molecule has 0 saturated heterocycles. The van der Waals surface area contributed by atoms with E-state index >= 15 is 0 Å². The molecule has 1 rings (SSSR count). The largest absolute Gasteiger partial charge is 0.330 e. The van der Waals surface area contributed by atoms with Gasteiger partial charge in [0.15, 0.2) is 0 Å². The smallest absolute Gasteiger partial charge is 0.00488 e. The minimum Gasteiger partial charge on any atom is -0.330 e. The maximum absolute atomic E-state index is 5.70. The second-order valence-corrected chi connectivity index (χ2v) is 4.25. The van der Waals surface area contributed by atoms with Crippen LogP contribution in [-0.2, 0) is 0 Å². The van der Waals surface area contributed by atoms with Crippen molar-refractivity contribution >= 4 is 0 Å². The summed E-state index contributed by atoms with van der Waals surface area (Å²) in [6.45, 7) is 3.09. The Labute approximate surface area is 82.4 Å². The summed E-state index contributed by atoms with van der Waals surface area (Å²) < 4.78 is 0. The molecule has 13 heavy (non-hydrogen) atoms. The quantitative estimate of drug-likeness (QED) is 0.663. The summed E-state index contributed by atoms with van der Waals surface area (Å²) in [7, 11) is 0. The predicted molar refractivity (Wildman–Crippen MR) is 58.6 cm³/mol. The SMILES string of the molecule is CC/C=C\CC1CCCC(CN)C1. The van der Waals surface area contributed by atoms with Gasteiger partial charge in [0, 0.05) is 0 Å². The second kappa shape index (κ2) is 6.20. The summed E-state index contributed by atoms with van der Waals surface area (Å²) in [5.74, 6) is 1.74. The van der Waals surface area contributed by atoms with Gasteiger partial charge < -0.3 is 5.73 Å². The molecule has 1 aliphatic rings. The molecule has 1 aliphatic carbocycles. The van der Waals surface area contributed by atoms with Crippen LogP contribution in [0.25, 0.3) is 0 Å². The molecular weight excluding hydrogens is 158 g/mol. The Bertz CT molecular complexity index is 151. The molecule has 0 aromatic carbocycles. The molecule has 2 atom stereocenters. The van der Waals surface area contributed by atoms with Gasteiger partial charge in [-0.25, -0.2) is 0 Å². The molecule has 0 spiro atoms. The maximum atomic E-state index is 5.70. The molecule has 1 fully saturated rings. The molecule has 1 saturated carbocycles. The molecule has 76 valence electrons. The van der Waals surface area contributed by atoms with E-state index in [9.17, 15) is 0 Å². The van der Waals surface area contributed by atoms with Gasteiger partial charge in [-0.1, -0.05) is 31.9 Å². The normalized spacial score (nSPS) is 29.7. The van der Waals surface area contributed by atoms with Crippen molar-refractivity contribution in [2.75, 3.05) is 6.54 Å². The topological polar surface area (TPSA) is 26.0 Å². The summed E-state index contributed by atoms with van der Waals surface area (Å²) in [6, 6.07) is 0. The first-order valence-electron chi connectivity index (χ1n) is 5.71. The first-order chi connectivity index (χ1) is 6.36. The molecule has 0 aliphatic heterocycles. The van der Waals surface area contributed by atoms with Crippen LogP contribution < -0.4 is 5.73 Å². The van der Waals surface area contributed by atoms with Crippen molar-refractivity contribution in [3.8, 4) is 0 Å². The molecule has 0 bridgehead atoms. The Hall–Kier alpha value is -0.300. The Kier molecular flexibility index (Phi) is 5.14. The lowest BCUT2D eigenvalue weighted by molar-refractivity contribution is 0.273. The van der Waals surface area contributed by atoms with E-state index in [4.69, 9.17) is 5.73 Å². The summed E-state index contributed by atoms with van der Waals surface area (Å²) in [5, 5.41) is 0. The van der Waals surface area contributed by atoms with Gasteiger partial charge in [-0.05, 0) is 44.1 Å². The third-order valence-corrected chi connectivity index (χ3v) is 3.10. The average molecular weight is 181 g/mol. The van der Waals surface area contributed by atoms with Gasteiger partial charge in [-0.15, -0.1) is 0 Å². The Morgan fingerprint density at radius 2 is 2.00 bits per heavy atom. The van der Waals surface area contributed by atoms with Crippen molar-refractivity contribution in [1.82, 2.24) is 0 Å². The highest BCUT2D eigenvalue weighted by Gasteiger charge is 2.19. The van der Waals surface area contributed by atoms with E-state index in [-0.39, 0.29) is 0 Å². The second-order valence-electron chi connectivity index (χ2n) is 4.25. The van der Waals surface area contributed by atoms with Crippen LogP contribution in [-0.4, -0.2) is 6.54 Å². The van der Waals surface area contributed by atoms with E-state index in [1.165, 1.54) is 38.5 Å². The van der Waals surface area contributed by atoms with Crippen molar-refractivity contribution in [2.45, 2.75) is 45.4 Å². The lowest BCUT2D eigenvalue weighted by Gasteiger charge is -2.27. The predicted octanol–water partition coefficient (Wildman–Crippen LogP) is 3.11. The monoisotopic (exact) mass is 181 g/mol. The van der Waals surface area contributed by atoms with Crippen LogP contribution in [0.15, 0.2) is 12.2 Å². The first kappa shape index (κ1) is 10.8. The average Bonchev–Trinajstić information content (AvgIpc) is 2.19. The van der Waals surface area contributed by atoms with Gasteiger partial charge in [-0.3, -0.25) is 0 Å². The minimum atomic E-state index is 0.814. The van der Waals surface area contributed by atoms with Crippen LogP contribution in [0.5, 0.6) is 0 Å². The summed E-state index contributed by atoms with van der Waals surface area (Å²) in [5.41, 5.74) is 5.70. The molecule has 1 heteroatoms. The Morgan fingerprint density at radius 3 is 2.69 bits per heavy atom. The first-order valence-corrected chi connectivity index (χ1v) is 5.71. The molecule has 0 heterocycles. The zero-order chi connectivity index (χ0) is 9.52. The van der Waals surface area contributed by atoms with E-state index in [1.54, 1.807) is 0 Å². The highest BCUT2D eigenvalue weighted by Crippen LogP contribution is 2.30. The van der Waals surface area contributed by atoms with Crippen LogP contribution in [0.2, 0.25) is 0 Å². The fourth-order valence-corrected chi connectivity index (χ4v) is 2.29. The number of hydrogen-bond donors (Lipinski definition) is 1. The summed E-state index contributed by atoms with van der Waals surface area (Å²) >= 11 is 0. The van der Waals surface area contributed by atoms with E-state index in [2.05, 4.69) is 19.1 Å². The third kappa shape index (κ3) is 3.95. The Balaban J connectivity index is 2.21. The van der Waals surface area contributed by atoms with Gasteiger partial charge in [0.05, 0.1) is 0 Å². The number of hydrogen-bond acceptors (Lipinski definition) is 1. The van der Waals surface area contributed by atoms with E-state index in [0.29, 0.717) is 0 Å². The van der Waals surface area contributed by atoms with Crippen LogP contribution in [0, 0.1) is 11.8 Å². The zero-order valence-electron chi connectivity index (χ0n) is 8.84. The van der Waals surface area contributed by atoms with Crippen LogP contribution >= 0.6 is 0 Å². The zero-order valence-corrected chi connectivity index (χ0v) is 8.84. The minimum absolute atomic E-state index is 0.814. The van der Waals surface area contributed by atoms with Gasteiger partial charge in [0.1, 0.15) is 0 Å². The van der Waals surface area contributed by atoms with Gasteiger partial charge in [0.2, 0.25) is 0 Å². The fraction of sp³-hybridized carbons (Fsp3) is 0.833. The molecule has 0 aromatic rings. The maximum Gasteiger partial charge on any atom is -0.00488 e. The number of rotatable bonds is 4. The molecule has 0 radical (unpaired) electrons. The number of allylic oxidation sites excluding steroid dienone is 2. The highest BCUT2D eigenvalue weighted by atomic mass is 14.5. The van der Waals surface area contributed by atoms with Crippen molar-refractivity contribution in [3.05, 3.63) is 12.2 Å². The van der Waals surface area contributed by atoms with Crippen molar-refractivity contribution in [3.63, 3.8) is 0 Å². The molecule has 2 unspecified atom stereocenters. The van der Waals surface area contributed by atoms with Crippen molar-refractivity contribution in [2.24, 2.45) is 17.6 Å². The molecule has 2 N–H and O–H groups in total. The van der Waals surface area contributed by atoms with Crippen LogP contribution in [0.1, 0.15) is 45.4 Å². The standard InChI is InChI=1S/C12H23N/c1-2-3-4-6-11-7-5-8-12(9-11)10-13/h3-4,11-12H,2,5-10,13H2,1H3/b4-3-. The van der Waals surface area contributed by atoms with E-state index in [1.807, 2.05) is 0 Å². The third-order valence-electron chi connectivity index (χ3n) is 3.10. The van der Waals surface area contributed by atoms with E-state index in [0.717, 1.165) is 18.4 Å². The highest BCUT2D eigenvalue weighted by molar-refractivity contribution is 4.85.